The molecule has 1 N–H and O–H groups in total. The van der Waals surface area contributed by atoms with Crippen molar-refractivity contribution in [3.63, 3.8) is 0 Å². The molecule has 0 fully saturated rings. The van der Waals surface area contributed by atoms with Crippen molar-refractivity contribution in [2.45, 2.75) is 32.9 Å². The SMILES string of the molecule is CCCc1nn2c(=O)cc(COc3ccc(C=C(C#N)C(=O)NCc4ccco4)cc3)nc2s1. The number of ether oxygens (including phenoxy) is 1. The summed E-state index contributed by atoms with van der Waals surface area (Å²) in [6.45, 7) is 2.38. The van der Waals surface area contributed by atoms with E-state index < -0.39 is 5.91 Å². The van der Waals surface area contributed by atoms with Gasteiger partial charge >= 0.3 is 0 Å². The number of amides is 1. The van der Waals surface area contributed by atoms with Gasteiger partial charge in [0, 0.05) is 12.5 Å². The van der Waals surface area contributed by atoms with Crippen LogP contribution >= 0.6 is 11.3 Å². The zero-order valence-corrected chi connectivity index (χ0v) is 19.2. The highest BCUT2D eigenvalue weighted by atomic mass is 32.1. The average Bonchev–Trinajstić information content (AvgIpc) is 3.51. The van der Waals surface area contributed by atoms with E-state index in [-0.39, 0.29) is 24.3 Å². The van der Waals surface area contributed by atoms with Crippen molar-refractivity contribution >= 4 is 28.3 Å². The van der Waals surface area contributed by atoms with Crippen LogP contribution in [-0.4, -0.2) is 20.5 Å². The van der Waals surface area contributed by atoms with Gasteiger partial charge in [0.15, 0.2) is 0 Å². The summed E-state index contributed by atoms with van der Waals surface area (Å²) in [7, 11) is 0. The van der Waals surface area contributed by atoms with Gasteiger partial charge < -0.3 is 14.5 Å². The number of hydrogen-bond acceptors (Lipinski definition) is 8. The quantitative estimate of drug-likeness (QED) is 0.290. The Morgan fingerprint density at radius 2 is 2.15 bits per heavy atom. The van der Waals surface area contributed by atoms with Crippen LogP contribution in [0.5, 0.6) is 5.75 Å². The first kappa shape index (κ1) is 22.9. The summed E-state index contributed by atoms with van der Waals surface area (Å²) in [4.78, 5) is 29.6. The third kappa shape index (κ3) is 5.57. The Labute approximate surface area is 198 Å². The second kappa shape index (κ2) is 10.6. The molecule has 3 aromatic heterocycles. The van der Waals surface area contributed by atoms with Crippen LogP contribution in [0.2, 0.25) is 0 Å². The predicted molar refractivity (Wildman–Crippen MR) is 126 cm³/mol. The minimum atomic E-state index is -0.489. The maximum Gasteiger partial charge on any atom is 0.275 e. The molecule has 34 heavy (non-hydrogen) atoms. The van der Waals surface area contributed by atoms with E-state index in [9.17, 15) is 14.9 Å². The number of furan rings is 1. The Bertz CT molecular complexity index is 1410. The zero-order chi connectivity index (χ0) is 23.9. The van der Waals surface area contributed by atoms with Gasteiger partial charge in [0.05, 0.1) is 18.5 Å². The summed E-state index contributed by atoms with van der Waals surface area (Å²) >= 11 is 1.40. The fourth-order valence-corrected chi connectivity index (χ4v) is 4.11. The molecule has 0 aliphatic heterocycles. The first-order valence-electron chi connectivity index (χ1n) is 10.6. The molecule has 172 valence electrons. The van der Waals surface area contributed by atoms with Gasteiger partial charge in [0.1, 0.15) is 34.8 Å². The van der Waals surface area contributed by atoms with Gasteiger partial charge in [-0.25, -0.2) is 4.98 Å². The van der Waals surface area contributed by atoms with Crippen molar-refractivity contribution in [1.82, 2.24) is 19.9 Å². The molecule has 1 aromatic carbocycles. The second-order valence-corrected chi connectivity index (χ2v) is 8.36. The van der Waals surface area contributed by atoms with E-state index in [0.29, 0.717) is 27.7 Å². The van der Waals surface area contributed by atoms with Crippen LogP contribution in [0.15, 0.2) is 63.5 Å². The lowest BCUT2D eigenvalue weighted by Gasteiger charge is -2.06. The molecule has 0 atom stereocenters. The van der Waals surface area contributed by atoms with Crippen molar-refractivity contribution in [2.24, 2.45) is 0 Å². The second-order valence-electron chi connectivity index (χ2n) is 7.32. The van der Waals surface area contributed by atoms with E-state index in [0.717, 1.165) is 17.8 Å². The van der Waals surface area contributed by atoms with E-state index in [1.165, 1.54) is 34.3 Å². The topological polar surface area (TPSA) is 123 Å². The number of rotatable bonds is 9. The van der Waals surface area contributed by atoms with Gasteiger partial charge in [-0.15, -0.1) is 0 Å². The van der Waals surface area contributed by atoms with Gasteiger partial charge in [0.2, 0.25) is 4.96 Å². The number of hydrogen-bond donors (Lipinski definition) is 1. The number of aryl methyl sites for hydroxylation is 1. The summed E-state index contributed by atoms with van der Waals surface area (Å²) in [6.07, 6.45) is 4.76. The standard InChI is InChI=1S/C24H21N5O4S/c1-2-4-21-28-29-22(30)12-18(27-24(29)34-21)15-33-19-8-6-16(7-9-19)11-17(13-25)23(31)26-14-20-5-3-10-32-20/h3,5-12H,2,4,14-15H2,1H3,(H,26,31). The van der Waals surface area contributed by atoms with Gasteiger partial charge in [-0.2, -0.15) is 14.9 Å². The lowest BCUT2D eigenvalue weighted by atomic mass is 10.1. The highest BCUT2D eigenvalue weighted by Crippen LogP contribution is 2.17. The highest BCUT2D eigenvalue weighted by molar-refractivity contribution is 7.16. The van der Waals surface area contributed by atoms with Crippen LogP contribution in [-0.2, 0) is 24.4 Å². The number of fused-ring (bicyclic) bond motifs is 1. The van der Waals surface area contributed by atoms with E-state index >= 15 is 0 Å². The van der Waals surface area contributed by atoms with Gasteiger partial charge in [-0.1, -0.05) is 30.4 Å². The lowest BCUT2D eigenvalue weighted by molar-refractivity contribution is -0.117. The molecule has 4 rings (SSSR count). The molecular formula is C24H21N5O4S. The summed E-state index contributed by atoms with van der Waals surface area (Å²) in [5.41, 5.74) is 0.922. The van der Waals surface area contributed by atoms with Crippen LogP contribution in [0.25, 0.3) is 11.0 Å². The van der Waals surface area contributed by atoms with Crippen LogP contribution in [0.4, 0.5) is 0 Å². The molecule has 4 aromatic rings. The van der Waals surface area contributed by atoms with Crippen LogP contribution in [0.3, 0.4) is 0 Å². The lowest BCUT2D eigenvalue weighted by Crippen LogP contribution is -2.23. The molecule has 0 aliphatic rings. The maximum absolute atomic E-state index is 12.3. The zero-order valence-electron chi connectivity index (χ0n) is 18.4. The molecular weight excluding hydrogens is 454 g/mol. The fraction of sp³-hybridized carbons (Fsp3) is 0.208. The number of nitriles is 1. The van der Waals surface area contributed by atoms with Crippen molar-refractivity contribution in [3.8, 4) is 11.8 Å². The smallest absolute Gasteiger partial charge is 0.275 e. The van der Waals surface area contributed by atoms with Crippen molar-refractivity contribution in [1.29, 1.82) is 5.26 Å². The molecule has 0 saturated heterocycles. The molecule has 0 unspecified atom stereocenters. The van der Waals surface area contributed by atoms with Crippen molar-refractivity contribution in [2.75, 3.05) is 0 Å². The molecule has 0 spiro atoms. The average molecular weight is 476 g/mol. The van der Waals surface area contributed by atoms with Gasteiger partial charge in [-0.05, 0) is 42.3 Å². The Hall–Kier alpha value is -4.23. The third-order valence-electron chi connectivity index (χ3n) is 4.75. The monoisotopic (exact) mass is 475 g/mol. The number of nitrogens with zero attached hydrogens (tertiary/aromatic N) is 4. The first-order valence-corrected chi connectivity index (χ1v) is 11.4. The first-order chi connectivity index (χ1) is 16.6. The van der Waals surface area contributed by atoms with Crippen LogP contribution < -0.4 is 15.6 Å². The normalized spacial score (nSPS) is 11.4. The number of benzene rings is 1. The number of aromatic nitrogens is 3. The van der Waals surface area contributed by atoms with E-state index in [4.69, 9.17) is 9.15 Å². The fourth-order valence-electron chi connectivity index (χ4n) is 3.09. The molecule has 3 heterocycles. The third-order valence-corrected chi connectivity index (χ3v) is 5.72. The van der Waals surface area contributed by atoms with Crippen LogP contribution in [0, 0.1) is 11.3 Å². The van der Waals surface area contributed by atoms with Gasteiger partial charge in [-0.3, -0.25) is 9.59 Å². The van der Waals surface area contributed by atoms with E-state index in [1.54, 1.807) is 36.4 Å². The molecule has 1 amide bonds. The minimum absolute atomic E-state index is 0.0230. The Kier molecular flexibility index (Phi) is 7.15. The Morgan fingerprint density at radius 1 is 1.32 bits per heavy atom. The number of carbonyl (C=O) groups excluding carboxylic acids is 1. The van der Waals surface area contributed by atoms with E-state index in [2.05, 4.69) is 22.3 Å². The maximum atomic E-state index is 12.3. The number of nitrogens with one attached hydrogen (secondary N) is 1. The van der Waals surface area contributed by atoms with Crippen LogP contribution in [0.1, 0.15) is 35.4 Å². The van der Waals surface area contributed by atoms with Crippen molar-refractivity contribution < 1.29 is 13.9 Å². The summed E-state index contributed by atoms with van der Waals surface area (Å²) < 4.78 is 12.2. The Morgan fingerprint density at radius 3 is 2.85 bits per heavy atom. The molecule has 0 radical (unpaired) electrons. The number of carbonyl (C=O) groups is 1. The summed E-state index contributed by atoms with van der Waals surface area (Å²) in [6, 6.07) is 13.7. The minimum Gasteiger partial charge on any atom is -0.487 e. The molecule has 0 bridgehead atoms. The summed E-state index contributed by atoms with van der Waals surface area (Å²) in [5, 5.41) is 17.2. The molecule has 10 heteroatoms. The summed E-state index contributed by atoms with van der Waals surface area (Å²) in [5.74, 6) is 0.674. The molecule has 0 aliphatic carbocycles. The molecule has 0 saturated carbocycles. The molecule has 9 nitrogen and oxygen atoms in total. The highest BCUT2D eigenvalue weighted by Gasteiger charge is 2.11. The van der Waals surface area contributed by atoms with Gasteiger partial charge in [0.25, 0.3) is 11.5 Å². The Balaban J connectivity index is 1.39. The van der Waals surface area contributed by atoms with E-state index in [1.807, 2.05) is 6.07 Å². The largest absolute Gasteiger partial charge is 0.487 e. The van der Waals surface area contributed by atoms with Crippen molar-refractivity contribution in [3.05, 3.63) is 86.7 Å². The predicted octanol–water partition coefficient (Wildman–Crippen LogP) is 3.50.